The second-order valence-corrected chi connectivity index (χ2v) is 5.51. The van der Waals surface area contributed by atoms with Gasteiger partial charge in [-0.2, -0.15) is 0 Å². The summed E-state index contributed by atoms with van der Waals surface area (Å²) in [7, 11) is 0. The maximum Gasteiger partial charge on any atom is 0.334 e. The number of aromatic nitrogens is 1. The molecular formula is C15H22N2O4. The van der Waals surface area contributed by atoms with Crippen LogP contribution in [0.5, 0.6) is 0 Å². The van der Waals surface area contributed by atoms with Crippen LogP contribution in [0.4, 0.5) is 0 Å². The van der Waals surface area contributed by atoms with E-state index in [-0.39, 0.29) is 18.6 Å². The topological polar surface area (TPSA) is 71.8 Å². The first kappa shape index (κ1) is 15.6. The number of carbonyl (C=O) groups excluding carboxylic acids is 1. The fraction of sp³-hybridized carbons (Fsp3) is 0.600. The number of carboxylic acid groups (broad SMARTS) is 1. The molecule has 6 nitrogen and oxygen atoms in total. The van der Waals surface area contributed by atoms with Gasteiger partial charge in [-0.15, -0.1) is 0 Å². The summed E-state index contributed by atoms with van der Waals surface area (Å²) < 4.78 is 7.42. The second kappa shape index (κ2) is 5.89. The lowest BCUT2D eigenvalue weighted by atomic mass is 10.1. The number of hydrogen-bond donors (Lipinski definition) is 1. The lowest BCUT2D eigenvalue weighted by molar-refractivity contribution is -0.160. The van der Waals surface area contributed by atoms with Gasteiger partial charge in [-0.3, -0.25) is 4.79 Å². The highest BCUT2D eigenvalue weighted by molar-refractivity contribution is 5.96. The van der Waals surface area contributed by atoms with Crippen LogP contribution < -0.4 is 0 Å². The van der Waals surface area contributed by atoms with E-state index in [1.165, 1.54) is 0 Å². The minimum absolute atomic E-state index is 0.0916. The molecule has 0 bridgehead atoms. The predicted octanol–water partition coefficient (Wildman–Crippen LogP) is 1.44. The first-order chi connectivity index (χ1) is 9.85. The highest BCUT2D eigenvalue weighted by atomic mass is 16.5. The largest absolute Gasteiger partial charge is 0.479 e. The zero-order chi connectivity index (χ0) is 15.7. The molecule has 0 saturated carbocycles. The number of aliphatic carboxylic acids is 1. The van der Waals surface area contributed by atoms with E-state index in [1.807, 2.05) is 26.8 Å². The van der Waals surface area contributed by atoms with E-state index in [0.29, 0.717) is 12.1 Å². The molecule has 1 unspecified atom stereocenters. The van der Waals surface area contributed by atoms with Gasteiger partial charge in [-0.25, -0.2) is 4.79 Å². The monoisotopic (exact) mass is 294 g/mol. The maximum absolute atomic E-state index is 12.7. The summed E-state index contributed by atoms with van der Waals surface area (Å²) in [5.74, 6) is -1.15. The van der Waals surface area contributed by atoms with Crippen molar-refractivity contribution in [3.63, 3.8) is 0 Å². The maximum atomic E-state index is 12.7. The van der Waals surface area contributed by atoms with Crippen molar-refractivity contribution in [3.05, 3.63) is 23.0 Å². The van der Waals surface area contributed by atoms with E-state index in [4.69, 9.17) is 9.84 Å². The van der Waals surface area contributed by atoms with Crippen LogP contribution in [0.15, 0.2) is 6.07 Å². The molecule has 1 aliphatic heterocycles. The smallest absolute Gasteiger partial charge is 0.334 e. The number of ether oxygens (including phenoxy) is 1. The Balaban J connectivity index is 2.25. The molecule has 0 aromatic carbocycles. The van der Waals surface area contributed by atoms with Crippen LogP contribution in [0, 0.1) is 13.8 Å². The van der Waals surface area contributed by atoms with Gasteiger partial charge < -0.3 is 19.3 Å². The van der Waals surface area contributed by atoms with Crippen molar-refractivity contribution in [3.8, 4) is 0 Å². The van der Waals surface area contributed by atoms with Crippen LogP contribution in [0.1, 0.15) is 35.6 Å². The Kier molecular flexibility index (Phi) is 4.37. The van der Waals surface area contributed by atoms with Crippen LogP contribution >= 0.6 is 0 Å². The zero-order valence-electron chi connectivity index (χ0n) is 12.9. The molecule has 2 rings (SSSR count). The molecular weight excluding hydrogens is 272 g/mol. The summed E-state index contributed by atoms with van der Waals surface area (Å²) in [6, 6.07) is 1.87. The molecule has 1 amide bonds. The van der Waals surface area contributed by atoms with Crippen molar-refractivity contribution < 1.29 is 19.4 Å². The molecule has 0 spiro atoms. The molecule has 1 aliphatic rings. The number of morpholine rings is 1. The fourth-order valence-corrected chi connectivity index (χ4v) is 2.93. The first-order valence-corrected chi connectivity index (χ1v) is 7.19. The predicted molar refractivity (Wildman–Crippen MR) is 77.5 cm³/mol. The molecule has 0 aliphatic carbocycles. The van der Waals surface area contributed by atoms with Gasteiger partial charge in [0.1, 0.15) is 0 Å². The molecule has 1 aromatic rings. The quantitative estimate of drug-likeness (QED) is 0.915. The molecule has 2 heterocycles. The number of rotatable bonds is 3. The summed E-state index contributed by atoms with van der Waals surface area (Å²) in [5, 5.41) is 9.10. The fourth-order valence-electron chi connectivity index (χ4n) is 2.93. The summed E-state index contributed by atoms with van der Waals surface area (Å²) in [4.78, 5) is 25.4. The number of nitrogens with zero attached hydrogens (tertiary/aromatic N) is 2. The van der Waals surface area contributed by atoms with Crippen LogP contribution in [-0.2, 0) is 16.1 Å². The van der Waals surface area contributed by atoms with E-state index in [1.54, 1.807) is 11.8 Å². The van der Waals surface area contributed by atoms with Crippen molar-refractivity contribution in [1.82, 2.24) is 9.47 Å². The molecule has 116 valence electrons. The average molecular weight is 294 g/mol. The first-order valence-electron chi connectivity index (χ1n) is 7.19. The number of hydrogen-bond acceptors (Lipinski definition) is 3. The lowest BCUT2D eigenvalue weighted by Crippen LogP contribution is -2.51. The van der Waals surface area contributed by atoms with Crippen LogP contribution in [-0.4, -0.2) is 51.7 Å². The third-order valence-electron chi connectivity index (χ3n) is 3.94. The average Bonchev–Trinajstić information content (AvgIpc) is 2.71. The van der Waals surface area contributed by atoms with Crippen molar-refractivity contribution in [2.75, 3.05) is 13.1 Å². The highest BCUT2D eigenvalue weighted by Gasteiger charge is 2.33. The van der Waals surface area contributed by atoms with Crippen LogP contribution in [0.25, 0.3) is 0 Å². The van der Waals surface area contributed by atoms with Crippen molar-refractivity contribution in [2.45, 2.75) is 46.4 Å². The van der Waals surface area contributed by atoms with Gasteiger partial charge in [0.15, 0.2) is 6.10 Å². The van der Waals surface area contributed by atoms with E-state index in [2.05, 4.69) is 4.57 Å². The third-order valence-corrected chi connectivity index (χ3v) is 3.94. The molecule has 2 atom stereocenters. The van der Waals surface area contributed by atoms with Gasteiger partial charge in [-0.1, -0.05) is 0 Å². The zero-order valence-corrected chi connectivity index (χ0v) is 12.9. The Labute approximate surface area is 124 Å². The summed E-state index contributed by atoms with van der Waals surface area (Å²) >= 11 is 0. The molecule has 21 heavy (non-hydrogen) atoms. The molecule has 0 radical (unpaired) electrons. The molecule has 1 aromatic heterocycles. The third kappa shape index (κ3) is 2.95. The summed E-state index contributed by atoms with van der Waals surface area (Å²) in [6.07, 6.45) is -1.23. The van der Waals surface area contributed by atoms with E-state index >= 15 is 0 Å². The van der Waals surface area contributed by atoms with Crippen LogP contribution in [0.3, 0.4) is 0 Å². The number of amides is 1. The summed E-state index contributed by atoms with van der Waals surface area (Å²) in [5.41, 5.74) is 2.60. The van der Waals surface area contributed by atoms with E-state index < -0.39 is 12.1 Å². The Morgan fingerprint density at radius 2 is 2.05 bits per heavy atom. The number of carbonyl (C=O) groups is 2. The Morgan fingerprint density at radius 1 is 1.38 bits per heavy atom. The van der Waals surface area contributed by atoms with Crippen molar-refractivity contribution in [2.24, 2.45) is 0 Å². The molecule has 1 N–H and O–H groups in total. The molecule has 1 fully saturated rings. The molecule has 1 saturated heterocycles. The van der Waals surface area contributed by atoms with Crippen molar-refractivity contribution in [1.29, 1.82) is 0 Å². The van der Waals surface area contributed by atoms with Gasteiger partial charge in [-0.05, 0) is 33.8 Å². The van der Waals surface area contributed by atoms with Gasteiger partial charge in [0.2, 0.25) is 0 Å². The summed E-state index contributed by atoms with van der Waals surface area (Å²) in [6.45, 7) is 9.02. The van der Waals surface area contributed by atoms with Gasteiger partial charge >= 0.3 is 5.97 Å². The van der Waals surface area contributed by atoms with E-state index in [9.17, 15) is 9.59 Å². The Hall–Kier alpha value is -1.82. The Morgan fingerprint density at radius 3 is 2.57 bits per heavy atom. The minimum Gasteiger partial charge on any atom is -0.479 e. The van der Waals surface area contributed by atoms with Gasteiger partial charge in [0.25, 0.3) is 5.91 Å². The molecule has 6 heteroatoms. The van der Waals surface area contributed by atoms with Gasteiger partial charge in [0.05, 0.1) is 18.2 Å². The highest BCUT2D eigenvalue weighted by Crippen LogP contribution is 2.20. The Bertz CT molecular complexity index is 564. The van der Waals surface area contributed by atoms with Crippen molar-refractivity contribution >= 4 is 11.9 Å². The number of carboxylic acids is 1. The standard InChI is InChI=1S/C15H22N2O4/c1-5-17-9(2)6-12(11(17)4)14(18)16-7-10(3)21-13(8-16)15(19)20/h6,10,13H,5,7-8H2,1-4H3,(H,19,20)/t10-,13?/m1/s1. The SMILES string of the molecule is CCn1c(C)cc(C(=O)N2CC(C(=O)O)O[C@H](C)C2)c1C. The van der Waals surface area contributed by atoms with E-state index in [0.717, 1.165) is 17.9 Å². The number of aryl methyl sites for hydroxylation is 1. The second-order valence-electron chi connectivity index (χ2n) is 5.51. The normalized spacial score (nSPS) is 22.4. The minimum atomic E-state index is -1.03. The lowest BCUT2D eigenvalue weighted by Gasteiger charge is -2.35. The van der Waals surface area contributed by atoms with Gasteiger partial charge in [0, 0.05) is 24.5 Å². The van der Waals surface area contributed by atoms with Crippen LogP contribution in [0.2, 0.25) is 0 Å².